The zero-order valence-electron chi connectivity index (χ0n) is 12.1. The summed E-state index contributed by atoms with van der Waals surface area (Å²) >= 11 is 6.01. The lowest BCUT2D eigenvalue weighted by atomic mass is 10.0. The van der Waals surface area contributed by atoms with Crippen molar-refractivity contribution in [2.24, 2.45) is 0 Å². The molecule has 0 radical (unpaired) electrons. The van der Waals surface area contributed by atoms with Crippen LogP contribution in [0.25, 0.3) is 0 Å². The number of ether oxygens (including phenoxy) is 1. The quantitative estimate of drug-likeness (QED) is 0.707. The van der Waals surface area contributed by atoms with Crippen molar-refractivity contribution in [3.05, 3.63) is 22.8 Å². The van der Waals surface area contributed by atoms with Gasteiger partial charge in [-0.1, -0.05) is 37.6 Å². The number of alkyl carbamates (subject to hydrolysis) is 1. The summed E-state index contributed by atoms with van der Waals surface area (Å²) in [6, 6.07) is 0. The maximum atomic E-state index is 11.6. The van der Waals surface area contributed by atoms with Gasteiger partial charge in [-0.25, -0.2) is 4.79 Å². The van der Waals surface area contributed by atoms with Crippen LogP contribution >= 0.6 is 11.6 Å². The zero-order valence-corrected chi connectivity index (χ0v) is 12.8. The van der Waals surface area contributed by atoms with Gasteiger partial charge in [0.1, 0.15) is 0 Å². The maximum Gasteiger partial charge on any atom is 0.407 e. The predicted molar refractivity (Wildman–Crippen MR) is 78.2 cm³/mol. The summed E-state index contributed by atoms with van der Waals surface area (Å²) in [6.45, 7) is 7.75. The summed E-state index contributed by atoms with van der Waals surface area (Å²) in [4.78, 5) is 11.6. The first kappa shape index (κ1) is 18.0. The van der Waals surface area contributed by atoms with E-state index in [1.807, 2.05) is 19.9 Å². The van der Waals surface area contributed by atoms with Gasteiger partial charge in [-0.3, -0.25) is 0 Å². The first-order chi connectivity index (χ1) is 8.93. The number of hydrogen-bond donors (Lipinski definition) is 2. The lowest BCUT2D eigenvalue weighted by Gasteiger charge is -2.22. The third kappa shape index (κ3) is 7.23. The van der Waals surface area contributed by atoms with Crippen LogP contribution in [0.15, 0.2) is 22.8 Å². The van der Waals surface area contributed by atoms with Gasteiger partial charge in [0.15, 0.2) is 6.10 Å². The van der Waals surface area contributed by atoms with Crippen molar-refractivity contribution >= 4 is 17.7 Å². The summed E-state index contributed by atoms with van der Waals surface area (Å²) in [5, 5.41) is 12.9. The normalized spacial score (nSPS) is 15.9. The molecular weight excluding hydrogens is 266 g/mol. The van der Waals surface area contributed by atoms with E-state index in [1.54, 1.807) is 19.9 Å². The van der Waals surface area contributed by atoms with Crippen LogP contribution in [0, 0.1) is 0 Å². The van der Waals surface area contributed by atoms with Gasteiger partial charge in [0.2, 0.25) is 0 Å². The molecule has 0 aromatic heterocycles. The Morgan fingerprint density at radius 1 is 1.47 bits per heavy atom. The van der Waals surface area contributed by atoms with E-state index in [0.717, 1.165) is 12.8 Å². The van der Waals surface area contributed by atoms with Crippen LogP contribution in [0.4, 0.5) is 4.79 Å². The van der Waals surface area contributed by atoms with Crippen molar-refractivity contribution in [1.29, 1.82) is 0 Å². The van der Waals surface area contributed by atoms with Crippen LogP contribution in [0.1, 0.15) is 40.5 Å². The lowest BCUT2D eigenvalue weighted by molar-refractivity contribution is 0.0333. The van der Waals surface area contributed by atoms with Crippen molar-refractivity contribution in [3.8, 4) is 0 Å². The van der Waals surface area contributed by atoms with Gasteiger partial charge in [-0.05, 0) is 26.7 Å². The summed E-state index contributed by atoms with van der Waals surface area (Å²) < 4.78 is 5.24. The number of allylic oxidation sites excluding steroid dienone is 2. The molecule has 0 aromatic rings. The number of amides is 1. The minimum atomic E-state index is -0.836. The largest absolute Gasteiger partial charge is 0.439 e. The SMILES string of the molecule is CC/C=C\C(=C(/C)Cl)C(OC(=O)NCCC)C(C)O. The standard InChI is InChI=1S/C14H24ClNO3/c1-5-7-8-12(10(3)15)13(11(4)17)19-14(18)16-9-6-2/h7-8,11,13,17H,5-6,9H2,1-4H3,(H,16,18)/b8-7-,12-10-. The van der Waals surface area contributed by atoms with Gasteiger partial charge in [-0.2, -0.15) is 0 Å². The molecule has 19 heavy (non-hydrogen) atoms. The fourth-order valence-corrected chi connectivity index (χ4v) is 1.63. The molecule has 5 heteroatoms. The molecule has 2 unspecified atom stereocenters. The molecule has 0 aliphatic carbocycles. The Hall–Kier alpha value is -1.00. The van der Waals surface area contributed by atoms with Crippen LogP contribution in [0.5, 0.6) is 0 Å². The van der Waals surface area contributed by atoms with Crippen molar-refractivity contribution in [2.75, 3.05) is 6.54 Å². The third-order valence-electron chi connectivity index (χ3n) is 2.43. The minimum absolute atomic E-state index is 0.499. The molecule has 1 amide bonds. The first-order valence-corrected chi connectivity index (χ1v) is 6.97. The van der Waals surface area contributed by atoms with Gasteiger partial charge < -0.3 is 15.2 Å². The molecule has 0 spiro atoms. The molecule has 0 aliphatic rings. The van der Waals surface area contributed by atoms with Crippen molar-refractivity contribution in [3.63, 3.8) is 0 Å². The van der Waals surface area contributed by atoms with E-state index in [1.165, 1.54) is 0 Å². The van der Waals surface area contributed by atoms with E-state index < -0.39 is 18.3 Å². The Labute approximate surface area is 120 Å². The molecule has 2 atom stereocenters. The average Bonchev–Trinajstić information content (AvgIpc) is 2.34. The van der Waals surface area contributed by atoms with Gasteiger partial charge in [-0.15, -0.1) is 0 Å². The van der Waals surface area contributed by atoms with E-state index in [-0.39, 0.29) is 0 Å². The van der Waals surface area contributed by atoms with Crippen molar-refractivity contribution < 1.29 is 14.6 Å². The zero-order chi connectivity index (χ0) is 14.8. The topological polar surface area (TPSA) is 58.6 Å². The molecule has 0 aliphatic heterocycles. The average molecular weight is 290 g/mol. The smallest absolute Gasteiger partial charge is 0.407 e. The highest BCUT2D eigenvalue weighted by atomic mass is 35.5. The fraction of sp³-hybridized carbons (Fsp3) is 0.643. The number of aliphatic hydroxyl groups excluding tert-OH is 1. The van der Waals surface area contributed by atoms with Crippen molar-refractivity contribution in [2.45, 2.75) is 52.7 Å². The van der Waals surface area contributed by atoms with E-state index in [9.17, 15) is 9.90 Å². The number of carbonyl (C=O) groups is 1. The molecule has 2 N–H and O–H groups in total. The molecule has 0 aromatic carbocycles. The molecule has 110 valence electrons. The fourth-order valence-electron chi connectivity index (χ4n) is 1.46. The molecule has 4 nitrogen and oxygen atoms in total. The summed E-state index contributed by atoms with van der Waals surface area (Å²) in [6.07, 6.45) is 3.20. The summed E-state index contributed by atoms with van der Waals surface area (Å²) in [5.74, 6) is 0. The third-order valence-corrected chi connectivity index (χ3v) is 2.65. The highest BCUT2D eigenvalue weighted by molar-refractivity contribution is 6.29. The van der Waals surface area contributed by atoms with Crippen LogP contribution in [-0.2, 0) is 4.74 Å². The van der Waals surface area contributed by atoms with Crippen LogP contribution in [0.3, 0.4) is 0 Å². The number of halogens is 1. The molecule has 0 heterocycles. The van der Waals surface area contributed by atoms with E-state index in [4.69, 9.17) is 16.3 Å². The number of rotatable bonds is 7. The van der Waals surface area contributed by atoms with E-state index >= 15 is 0 Å². The molecular formula is C14H24ClNO3. The van der Waals surface area contributed by atoms with Crippen LogP contribution < -0.4 is 5.32 Å². The summed E-state index contributed by atoms with van der Waals surface area (Å²) in [5.41, 5.74) is 0.616. The molecule has 0 saturated heterocycles. The number of hydrogen-bond acceptors (Lipinski definition) is 3. The Bertz CT molecular complexity index is 334. The maximum absolute atomic E-state index is 11.6. The summed E-state index contributed by atoms with van der Waals surface area (Å²) in [7, 11) is 0. The van der Waals surface area contributed by atoms with Gasteiger partial charge >= 0.3 is 6.09 Å². The predicted octanol–water partition coefficient (Wildman–Crippen LogP) is 3.35. The van der Waals surface area contributed by atoms with Gasteiger partial charge in [0.05, 0.1) is 6.10 Å². The number of aliphatic hydroxyl groups is 1. The lowest BCUT2D eigenvalue weighted by Crippen LogP contribution is -2.36. The highest BCUT2D eigenvalue weighted by Gasteiger charge is 2.24. The first-order valence-electron chi connectivity index (χ1n) is 6.59. The van der Waals surface area contributed by atoms with E-state index in [0.29, 0.717) is 17.2 Å². The number of nitrogens with one attached hydrogen (secondary N) is 1. The van der Waals surface area contributed by atoms with Gasteiger partial charge in [0, 0.05) is 17.2 Å². The molecule has 0 bridgehead atoms. The minimum Gasteiger partial charge on any atom is -0.439 e. The molecule has 0 saturated carbocycles. The monoisotopic (exact) mass is 289 g/mol. The Kier molecular flexibility index (Phi) is 9.35. The Morgan fingerprint density at radius 2 is 2.11 bits per heavy atom. The highest BCUT2D eigenvalue weighted by Crippen LogP contribution is 2.20. The molecule has 0 rings (SSSR count). The Morgan fingerprint density at radius 3 is 2.53 bits per heavy atom. The van der Waals surface area contributed by atoms with Crippen LogP contribution in [-0.4, -0.2) is 30.0 Å². The Balaban J connectivity index is 4.92. The second-order valence-corrected chi connectivity index (χ2v) is 4.86. The van der Waals surface area contributed by atoms with Crippen LogP contribution in [0.2, 0.25) is 0 Å². The molecule has 0 fully saturated rings. The second kappa shape index (κ2) is 9.87. The van der Waals surface area contributed by atoms with E-state index in [2.05, 4.69) is 5.32 Å². The second-order valence-electron chi connectivity index (χ2n) is 4.29. The van der Waals surface area contributed by atoms with Gasteiger partial charge in [0.25, 0.3) is 0 Å². The number of carbonyl (C=O) groups excluding carboxylic acids is 1. The van der Waals surface area contributed by atoms with Crippen molar-refractivity contribution in [1.82, 2.24) is 5.32 Å².